The number of aliphatic hydroxyl groups excluding tert-OH is 2. The molecule has 6 unspecified atom stereocenters. The van der Waals surface area contributed by atoms with Gasteiger partial charge in [-0.3, -0.25) is 29.0 Å². The summed E-state index contributed by atoms with van der Waals surface area (Å²) >= 11 is 0. The molecule has 6 heterocycles. The van der Waals surface area contributed by atoms with E-state index in [9.17, 15) is 29.4 Å². The number of aliphatic carboxylic acids is 1. The van der Waals surface area contributed by atoms with Crippen molar-refractivity contribution in [3.8, 4) is 0 Å². The van der Waals surface area contributed by atoms with Crippen LogP contribution < -0.4 is 40.7 Å². The van der Waals surface area contributed by atoms with E-state index in [0.29, 0.717) is 47.5 Å². The smallest absolute Gasteiger partial charge is 0.870 e. The van der Waals surface area contributed by atoms with E-state index in [-0.39, 0.29) is 140 Å². The Labute approximate surface area is 515 Å². The number of carbonyl (C=O) groups is 2. The summed E-state index contributed by atoms with van der Waals surface area (Å²) in [7, 11) is 0. The van der Waals surface area contributed by atoms with Gasteiger partial charge in [0.15, 0.2) is 11.4 Å². The second-order valence-electron chi connectivity index (χ2n) is 25.3. The van der Waals surface area contributed by atoms with E-state index in [4.69, 9.17) is 24.5 Å². The third kappa shape index (κ3) is 14.5. The van der Waals surface area contributed by atoms with E-state index < -0.39 is 5.97 Å². The van der Waals surface area contributed by atoms with Crippen molar-refractivity contribution in [2.75, 3.05) is 33.0 Å². The van der Waals surface area contributed by atoms with Gasteiger partial charge in [-0.25, -0.2) is 9.97 Å². The Morgan fingerprint density at radius 1 is 0.524 bits per heavy atom. The zero-order valence-corrected chi connectivity index (χ0v) is 51.7. The summed E-state index contributed by atoms with van der Waals surface area (Å²) in [6.07, 6.45) is 27.8. The van der Waals surface area contributed by atoms with Crippen LogP contribution in [0.5, 0.6) is 0 Å². The number of rotatable bonds is 19. The average Bonchev–Trinajstić information content (AvgIpc) is 1.99. The molecule has 8 bridgehead atoms. The second kappa shape index (κ2) is 29.9. The Kier molecular flexibility index (Phi) is 22.7. The van der Waals surface area contributed by atoms with E-state index in [0.717, 1.165) is 65.9 Å². The minimum atomic E-state index is -0.983. The van der Waals surface area contributed by atoms with E-state index >= 15 is 0 Å². The van der Waals surface area contributed by atoms with E-state index in [1.807, 2.05) is 57.7 Å². The molecule has 4 saturated carbocycles. The van der Waals surface area contributed by atoms with Crippen LogP contribution >= 0.6 is 0 Å². The Hall–Kier alpha value is -4.60. The van der Waals surface area contributed by atoms with Crippen molar-refractivity contribution in [3.05, 3.63) is 80.6 Å². The number of nitrogens with zero attached hydrogens (tertiary/aromatic N) is 8. The third-order valence-electron chi connectivity index (χ3n) is 20.1. The second-order valence-corrected chi connectivity index (χ2v) is 25.3. The fourth-order valence-electron chi connectivity index (χ4n) is 17.1. The van der Waals surface area contributed by atoms with Crippen LogP contribution in [0.2, 0.25) is 0 Å². The van der Waals surface area contributed by atoms with E-state index in [2.05, 4.69) is 25.1 Å². The number of carboxylic acids is 1. The summed E-state index contributed by atoms with van der Waals surface area (Å²) in [4.78, 5) is 77.8. The van der Waals surface area contributed by atoms with Gasteiger partial charge in [0.25, 0.3) is 11.1 Å². The van der Waals surface area contributed by atoms with Crippen molar-refractivity contribution < 1.29 is 74.4 Å². The Bertz CT molecular complexity index is 3010. The third-order valence-corrected chi connectivity index (χ3v) is 20.1. The molecule has 20 heteroatoms. The first-order chi connectivity index (χ1) is 40.1. The number of aliphatic hydroxyl groups is 2. The van der Waals surface area contributed by atoms with Crippen LogP contribution in [0.1, 0.15) is 197 Å². The summed E-state index contributed by atoms with van der Waals surface area (Å²) in [6.45, 7) is 1.58. The molecule has 4 N–H and O–H groups in total. The maximum Gasteiger partial charge on any atom is 1.00 e. The van der Waals surface area contributed by atoms with Crippen LogP contribution in [0.15, 0.2) is 68.4 Å². The predicted octanol–water partition coefficient (Wildman–Crippen LogP) is 6.31. The monoisotopic (exact) mass is 1170 g/mol. The van der Waals surface area contributed by atoms with Crippen LogP contribution in [0.4, 0.5) is 0 Å². The molecule has 4 aliphatic heterocycles. The number of aromatic nitrogens is 4. The topological polar surface area (TPSA) is 253 Å². The molecular weight excluding hydrogens is 1080 g/mol. The number of carbonyl (C=O) groups excluding carboxylic acids is 1. The molecule has 4 saturated heterocycles. The van der Waals surface area contributed by atoms with Gasteiger partial charge in [0.2, 0.25) is 0 Å². The van der Waals surface area contributed by atoms with Crippen molar-refractivity contribution in [1.29, 1.82) is 0 Å². The Morgan fingerprint density at radius 3 is 1.29 bits per heavy atom. The quantitative estimate of drug-likeness (QED) is 0.0306. The standard InChI is InChI=1S/C33H46N4O5.C31H42N4O5.Na.H2O/c1-2-41-31(39)14-13-29(35-42-16-15-38)32-33(40)37(30-12-4-3-11-28(30)34-32)27-20-24-9-6-10-25(21-27)36(24)26-18-22-7-5-8-23(17-22)19-26;36-13-14-40-33-27(11-12-29(37)38)30-31(39)35(28-10-2-1-9-26(28)32-30)25-18-22-7-4-8-23(19-25)34(22)24-16-20-5-3-6-21(15-20)17-24;;/h3-4,11-12,22-27,38H,2,5-10,13-21H2,1H3;1-2,9-10,20-25,36H,3-8,11-19H2,(H,37,38);;1H2/q;;+1;/p-1/t22?,23?,24-,25+,26?,27?;20?,21?,22-,23+,24?,25?;;. The van der Waals surface area contributed by atoms with Crippen LogP contribution in [0, 0.1) is 23.7 Å². The molecule has 0 spiro atoms. The van der Waals surface area contributed by atoms with Gasteiger partial charge in [0.05, 0.1) is 54.7 Å². The van der Waals surface area contributed by atoms with Crippen molar-refractivity contribution in [1.82, 2.24) is 28.9 Å². The molecule has 0 amide bonds. The summed E-state index contributed by atoms with van der Waals surface area (Å²) in [5.74, 6) is 2.23. The van der Waals surface area contributed by atoms with Crippen molar-refractivity contribution in [3.63, 3.8) is 0 Å². The van der Waals surface area contributed by atoms with Crippen LogP contribution in [-0.4, -0.2) is 142 Å². The van der Waals surface area contributed by atoms with Crippen LogP contribution in [0.25, 0.3) is 22.1 Å². The van der Waals surface area contributed by atoms with Gasteiger partial charge in [0.1, 0.15) is 24.6 Å². The number of hydrogen-bond donors (Lipinski definition) is 3. The van der Waals surface area contributed by atoms with E-state index in [1.54, 1.807) is 6.92 Å². The minimum Gasteiger partial charge on any atom is -0.870 e. The average molecular weight is 1170 g/mol. The number of piperidine rings is 4. The largest absolute Gasteiger partial charge is 1.00 e. The zero-order chi connectivity index (χ0) is 56.7. The van der Waals surface area contributed by atoms with E-state index in [1.165, 1.54) is 116 Å². The Morgan fingerprint density at radius 2 is 0.905 bits per heavy atom. The Balaban J connectivity index is 0.000000197. The number of fused-ring (bicyclic) bond motifs is 10. The molecular formula is C64H89N8NaO11. The zero-order valence-electron chi connectivity index (χ0n) is 49.7. The SMILES string of the molecule is CCOC(=O)CCC(=NOCCO)c1nc2ccccc2n(C2C[C@H]3CCC[C@@H](C2)N3C2CC3CCCC(C3)C2)c1=O.O=C(O)CCC(=NOCCO)c1nc2ccccc2n(C2C[C@H]3CCC[C@@H](C2)N3C2CC3CCCC(C3)C2)c1=O.[Na+].[OH-]. The van der Waals surface area contributed by atoms with Gasteiger partial charge in [-0.2, -0.15) is 0 Å². The van der Waals surface area contributed by atoms with Gasteiger partial charge < -0.3 is 44.3 Å². The van der Waals surface area contributed by atoms with Gasteiger partial charge in [-0.05, 0) is 145 Å². The van der Waals surface area contributed by atoms with Gasteiger partial charge in [-0.1, -0.05) is 85.9 Å². The molecule has 8 aliphatic rings. The van der Waals surface area contributed by atoms with Crippen molar-refractivity contribution in [2.45, 2.75) is 222 Å². The summed E-state index contributed by atoms with van der Waals surface area (Å²) in [6, 6.07) is 19.0. The summed E-state index contributed by atoms with van der Waals surface area (Å²) in [5, 5.41) is 36.0. The van der Waals surface area contributed by atoms with Gasteiger partial charge >= 0.3 is 41.5 Å². The molecule has 4 aromatic rings. The van der Waals surface area contributed by atoms with Crippen LogP contribution in [-0.2, 0) is 24.0 Å². The number of para-hydroxylation sites is 4. The number of benzene rings is 2. The molecule has 10 atom stereocenters. The number of ether oxygens (including phenoxy) is 1. The maximum atomic E-state index is 14.3. The number of hydrogen-bond acceptors (Lipinski definition) is 16. The maximum absolute atomic E-state index is 14.3. The molecule has 19 nitrogen and oxygen atoms in total. The molecule has 2 aromatic heterocycles. The predicted molar refractivity (Wildman–Crippen MR) is 316 cm³/mol. The molecule has 4 aliphatic carbocycles. The van der Waals surface area contributed by atoms with Crippen molar-refractivity contribution in [2.24, 2.45) is 34.0 Å². The number of esters is 1. The molecule has 12 rings (SSSR count). The first-order valence-electron chi connectivity index (χ1n) is 31.6. The first kappa shape index (κ1) is 63.9. The molecule has 84 heavy (non-hydrogen) atoms. The fourth-order valence-corrected chi connectivity index (χ4v) is 17.1. The summed E-state index contributed by atoms with van der Waals surface area (Å²) in [5.41, 5.74) is 3.53. The molecule has 8 fully saturated rings. The van der Waals surface area contributed by atoms with Crippen LogP contribution in [0.3, 0.4) is 0 Å². The molecule has 0 radical (unpaired) electrons. The number of carboxylic acid groups (broad SMARTS) is 1. The van der Waals surface area contributed by atoms with Gasteiger partial charge in [0, 0.05) is 61.2 Å². The normalized spacial score (nSPS) is 29.6. The first-order valence-corrected chi connectivity index (χ1v) is 31.6. The summed E-state index contributed by atoms with van der Waals surface area (Å²) < 4.78 is 9.02. The minimum absolute atomic E-state index is 0. The molecule has 452 valence electrons. The number of oxime groups is 2. The fraction of sp³-hybridized carbons (Fsp3) is 0.688. The van der Waals surface area contributed by atoms with Gasteiger partial charge in [-0.15, -0.1) is 0 Å². The molecule has 2 aromatic carbocycles. The van der Waals surface area contributed by atoms with Crippen molar-refractivity contribution >= 4 is 45.4 Å².